The van der Waals surface area contributed by atoms with Crippen molar-refractivity contribution in [3.8, 4) is 0 Å². The molecule has 3 saturated heterocycles. The number of imide groups is 1. The third kappa shape index (κ3) is 3.77. The standard InChI is InChI=1S/C18H26N4O4.ClH/c23-15-5-4-14(16(24)20-15)22-17(25)12-3-2-11(10-13(12)18(22)26)21-8-1-6-19-7-9-21;/h2-3,10,12-16,19-20,23-24H,1,4-9H2;1H. The molecular formula is C18H27ClN4O4. The van der Waals surface area contributed by atoms with Crippen LogP contribution < -0.4 is 10.6 Å². The molecule has 5 atom stereocenters. The van der Waals surface area contributed by atoms with Crippen LogP contribution in [-0.4, -0.2) is 76.5 Å². The summed E-state index contributed by atoms with van der Waals surface area (Å²) in [6.07, 6.45) is 5.61. The number of amides is 2. The van der Waals surface area contributed by atoms with Gasteiger partial charge >= 0.3 is 0 Å². The van der Waals surface area contributed by atoms with Crippen molar-refractivity contribution in [1.29, 1.82) is 0 Å². The fourth-order valence-electron chi connectivity index (χ4n) is 4.35. The number of fused-ring (bicyclic) bond motifs is 1. The number of aliphatic hydroxyl groups is 2. The summed E-state index contributed by atoms with van der Waals surface area (Å²) in [6, 6.07) is -0.628. The Labute approximate surface area is 164 Å². The lowest BCUT2D eigenvalue weighted by Crippen LogP contribution is -2.58. The summed E-state index contributed by atoms with van der Waals surface area (Å²) in [5, 5.41) is 25.8. The number of nitrogens with zero attached hydrogens (tertiary/aromatic N) is 2. The summed E-state index contributed by atoms with van der Waals surface area (Å²) < 4.78 is 0. The smallest absolute Gasteiger partial charge is 0.237 e. The first kappa shape index (κ1) is 20.3. The van der Waals surface area contributed by atoms with Crippen LogP contribution in [-0.2, 0) is 9.59 Å². The van der Waals surface area contributed by atoms with E-state index in [9.17, 15) is 19.8 Å². The Bertz CT molecular complexity index is 647. The van der Waals surface area contributed by atoms with Gasteiger partial charge in [0.15, 0.2) is 0 Å². The van der Waals surface area contributed by atoms with Crippen LogP contribution in [0.2, 0.25) is 0 Å². The molecule has 0 aromatic rings. The maximum absolute atomic E-state index is 13.0. The van der Waals surface area contributed by atoms with Gasteiger partial charge in [-0.3, -0.25) is 19.8 Å². The van der Waals surface area contributed by atoms with Gasteiger partial charge in [0.05, 0.1) is 17.9 Å². The van der Waals surface area contributed by atoms with Crippen LogP contribution in [0.5, 0.6) is 0 Å². The molecule has 3 aliphatic heterocycles. The van der Waals surface area contributed by atoms with Crippen LogP contribution in [0, 0.1) is 11.8 Å². The number of nitrogens with one attached hydrogen (secondary N) is 2. The van der Waals surface area contributed by atoms with Crippen molar-refractivity contribution in [3.63, 3.8) is 0 Å². The number of halogens is 1. The van der Waals surface area contributed by atoms with E-state index in [1.807, 2.05) is 18.2 Å². The molecule has 9 heteroatoms. The normalized spacial score (nSPS) is 36.8. The Morgan fingerprint density at radius 1 is 1.04 bits per heavy atom. The Hall–Kier alpha value is -1.45. The average molecular weight is 399 g/mol. The van der Waals surface area contributed by atoms with Crippen LogP contribution in [0.25, 0.3) is 0 Å². The molecule has 4 rings (SSSR count). The second kappa shape index (κ2) is 8.28. The molecule has 2 amide bonds. The van der Waals surface area contributed by atoms with E-state index in [1.54, 1.807) is 0 Å². The van der Waals surface area contributed by atoms with Crippen molar-refractivity contribution >= 4 is 24.2 Å². The van der Waals surface area contributed by atoms with Crippen LogP contribution in [0.15, 0.2) is 23.9 Å². The second-order valence-electron chi connectivity index (χ2n) is 7.41. The van der Waals surface area contributed by atoms with Gasteiger partial charge in [0.2, 0.25) is 11.8 Å². The predicted octanol–water partition coefficient (Wildman–Crippen LogP) is -0.853. The van der Waals surface area contributed by atoms with Crippen molar-refractivity contribution in [3.05, 3.63) is 23.9 Å². The molecule has 8 nitrogen and oxygen atoms in total. The first-order valence-electron chi connectivity index (χ1n) is 9.41. The SMILES string of the molecule is Cl.O=C1C2C=CC(N3CCCNCC3)=CC2C(=O)N1C1CCC(O)NC1O. The first-order valence-corrected chi connectivity index (χ1v) is 9.41. The van der Waals surface area contributed by atoms with E-state index >= 15 is 0 Å². The fourth-order valence-corrected chi connectivity index (χ4v) is 4.35. The molecule has 1 aliphatic carbocycles. The molecule has 0 bridgehead atoms. The number of aliphatic hydroxyl groups excluding tert-OH is 2. The summed E-state index contributed by atoms with van der Waals surface area (Å²) in [6.45, 7) is 3.70. The van der Waals surface area contributed by atoms with E-state index in [1.165, 1.54) is 4.90 Å². The Morgan fingerprint density at radius 2 is 1.81 bits per heavy atom. The molecule has 0 spiro atoms. The molecule has 0 aromatic heterocycles. The van der Waals surface area contributed by atoms with Gasteiger partial charge in [0, 0.05) is 25.3 Å². The molecule has 0 aromatic carbocycles. The Balaban J connectivity index is 0.00000210. The van der Waals surface area contributed by atoms with Crippen molar-refractivity contribution in [2.45, 2.75) is 37.8 Å². The number of hydrogen-bond acceptors (Lipinski definition) is 7. The summed E-state index contributed by atoms with van der Waals surface area (Å²) in [7, 11) is 0. The molecule has 4 N–H and O–H groups in total. The minimum Gasteiger partial charge on any atom is -0.379 e. The lowest BCUT2D eigenvalue weighted by atomic mass is 9.89. The maximum Gasteiger partial charge on any atom is 0.237 e. The number of allylic oxidation sites excluding steroid dienone is 1. The molecule has 4 aliphatic rings. The number of rotatable bonds is 2. The largest absolute Gasteiger partial charge is 0.379 e. The zero-order valence-corrected chi connectivity index (χ0v) is 15.9. The number of hydrogen-bond donors (Lipinski definition) is 4. The van der Waals surface area contributed by atoms with Gasteiger partial charge < -0.3 is 20.4 Å². The minimum atomic E-state index is -1.10. The quantitative estimate of drug-likeness (QED) is 0.449. The van der Waals surface area contributed by atoms with Crippen molar-refractivity contribution in [1.82, 2.24) is 20.4 Å². The van der Waals surface area contributed by atoms with Gasteiger partial charge in [-0.1, -0.05) is 6.08 Å². The number of likely N-dealkylation sites (tertiary alicyclic amines) is 1. The minimum absolute atomic E-state index is 0. The van der Waals surface area contributed by atoms with Gasteiger partial charge in [-0.15, -0.1) is 12.4 Å². The predicted molar refractivity (Wildman–Crippen MR) is 101 cm³/mol. The molecule has 5 unspecified atom stereocenters. The van der Waals surface area contributed by atoms with E-state index in [2.05, 4.69) is 15.5 Å². The number of piperidine rings is 1. The number of carbonyl (C=O) groups is 2. The Morgan fingerprint density at radius 3 is 2.59 bits per heavy atom. The molecule has 3 fully saturated rings. The van der Waals surface area contributed by atoms with E-state index in [0.29, 0.717) is 12.8 Å². The fraction of sp³-hybridized carbons (Fsp3) is 0.667. The van der Waals surface area contributed by atoms with Crippen LogP contribution in [0.1, 0.15) is 19.3 Å². The van der Waals surface area contributed by atoms with Gasteiger partial charge in [-0.05, 0) is 38.0 Å². The van der Waals surface area contributed by atoms with Crippen molar-refractivity contribution in [2.24, 2.45) is 11.8 Å². The zero-order chi connectivity index (χ0) is 18.3. The summed E-state index contributed by atoms with van der Waals surface area (Å²) in [5.74, 6) is -1.50. The van der Waals surface area contributed by atoms with Gasteiger partial charge in [0.25, 0.3) is 0 Å². The average Bonchev–Trinajstić information content (AvgIpc) is 2.82. The van der Waals surface area contributed by atoms with Gasteiger partial charge in [-0.2, -0.15) is 0 Å². The lowest BCUT2D eigenvalue weighted by molar-refractivity contribution is -0.149. The van der Waals surface area contributed by atoms with Crippen LogP contribution >= 0.6 is 12.4 Å². The van der Waals surface area contributed by atoms with Crippen molar-refractivity contribution < 1.29 is 19.8 Å². The molecule has 27 heavy (non-hydrogen) atoms. The van der Waals surface area contributed by atoms with Crippen LogP contribution in [0.3, 0.4) is 0 Å². The van der Waals surface area contributed by atoms with E-state index in [4.69, 9.17) is 0 Å². The van der Waals surface area contributed by atoms with Crippen LogP contribution in [0.4, 0.5) is 0 Å². The monoisotopic (exact) mass is 398 g/mol. The summed E-state index contributed by atoms with van der Waals surface area (Å²) in [5.41, 5.74) is 0.996. The molecule has 0 radical (unpaired) electrons. The third-order valence-electron chi connectivity index (χ3n) is 5.76. The molecular weight excluding hydrogens is 372 g/mol. The lowest BCUT2D eigenvalue weighted by Gasteiger charge is -2.36. The Kier molecular flexibility index (Phi) is 6.22. The highest BCUT2D eigenvalue weighted by Crippen LogP contribution is 2.36. The first-order chi connectivity index (χ1) is 12.6. The third-order valence-corrected chi connectivity index (χ3v) is 5.76. The maximum atomic E-state index is 13.0. The molecule has 150 valence electrons. The van der Waals surface area contributed by atoms with E-state index in [0.717, 1.165) is 38.3 Å². The molecule has 3 heterocycles. The number of carbonyl (C=O) groups excluding carboxylic acids is 2. The highest BCUT2D eigenvalue weighted by atomic mass is 35.5. The zero-order valence-electron chi connectivity index (χ0n) is 15.1. The summed E-state index contributed by atoms with van der Waals surface area (Å²) >= 11 is 0. The van der Waals surface area contributed by atoms with E-state index in [-0.39, 0.29) is 24.2 Å². The topological polar surface area (TPSA) is 105 Å². The molecule has 0 saturated carbocycles. The highest BCUT2D eigenvalue weighted by Gasteiger charge is 2.51. The van der Waals surface area contributed by atoms with Gasteiger partial charge in [-0.25, -0.2) is 0 Å². The summed E-state index contributed by atoms with van der Waals surface area (Å²) in [4.78, 5) is 29.2. The van der Waals surface area contributed by atoms with Gasteiger partial charge in [0.1, 0.15) is 12.5 Å². The highest BCUT2D eigenvalue weighted by molar-refractivity contribution is 6.07. The van der Waals surface area contributed by atoms with E-state index < -0.39 is 30.3 Å². The second-order valence-corrected chi connectivity index (χ2v) is 7.41. The van der Waals surface area contributed by atoms with Crippen molar-refractivity contribution in [2.75, 3.05) is 26.2 Å².